The van der Waals surface area contributed by atoms with Gasteiger partial charge < -0.3 is 16.0 Å². The highest BCUT2D eigenvalue weighted by Crippen LogP contribution is 2.24. The van der Waals surface area contributed by atoms with Gasteiger partial charge in [0.15, 0.2) is 0 Å². The third-order valence-electron chi connectivity index (χ3n) is 6.25. The SMILES string of the molecule is Cc1ccc(C(=O)NC2CNCC(C(=O)NCC(c3ccccc3)c3ccccc3)C2)cc1. The van der Waals surface area contributed by atoms with Crippen molar-refractivity contribution in [2.45, 2.75) is 25.3 Å². The summed E-state index contributed by atoms with van der Waals surface area (Å²) < 4.78 is 0. The second-order valence-electron chi connectivity index (χ2n) is 8.75. The highest BCUT2D eigenvalue weighted by atomic mass is 16.2. The summed E-state index contributed by atoms with van der Waals surface area (Å²) in [6.07, 6.45) is 0.623. The first-order valence-electron chi connectivity index (χ1n) is 11.6. The first-order chi connectivity index (χ1) is 16.1. The third kappa shape index (κ3) is 6.08. The number of benzene rings is 3. The maximum atomic E-state index is 13.0. The molecule has 0 saturated carbocycles. The number of carbonyl (C=O) groups is 2. The Morgan fingerprint density at radius 3 is 2.09 bits per heavy atom. The second-order valence-corrected chi connectivity index (χ2v) is 8.75. The van der Waals surface area contributed by atoms with Crippen LogP contribution in [0.2, 0.25) is 0 Å². The fraction of sp³-hybridized carbons (Fsp3) is 0.286. The highest BCUT2D eigenvalue weighted by molar-refractivity contribution is 5.94. The molecule has 0 bridgehead atoms. The molecule has 3 aromatic carbocycles. The number of piperidine rings is 1. The average molecular weight is 442 g/mol. The second kappa shape index (κ2) is 10.9. The Balaban J connectivity index is 1.36. The van der Waals surface area contributed by atoms with Crippen LogP contribution < -0.4 is 16.0 Å². The topological polar surface area (TPSA) is 70.2 Å². The Morgan fingerprint density at radius 2 is 1.48 bits per heavy atom. The third-order valence-corrected chi connectivity index (χ3v) is 6.25. The van der Waals surface area contributed by atoms with E-state index in [0.29, 0.717) is 31.6 Å². The minimum absolute atomic E-state index is 0.0219. The number of hydrogen-bond acceptors (Lipinski definition) is 3. The van der Waals surface area contributed by atoms with E-state index in [4.69, 9.17) is 0 Å². The molecule has 2 amide bonds. The summed E-state index contributed by atoms with van der Waals surface area (Å²) in [6.45, 7) is 3.81. The Morgan fingerprint density at radius 1 is 0.879 bits per heavy atom. The van der Waals surface area contributed by atoms with Gasteiger partial charge in [-0.1, -0.05) is 78.4 Å². The van der Waals surface area contributed by atoms with Gasteiger partial charge in [-0.05, 0) is 36.6 Å². The molecule has 1 fully saturated rings. The van der Waals surface area contributed by atoms with E-state index < -0.39 is 0 Å². The summed E-state index contributed by atoms with van der Waals surface area (Å²) in [5.41, 5.74) is 4.11. The van der Waals surface area contributed by atoms with Crippen molar-refractivity contribution in [2.75, 3.05) is 19.6 Å². The van der Waals surface area contributed by atoms with E-state index in [1.54, 1.807) is 0 Å². The lowest BCUT2D eigenvalue weighted by Gasteiger charge is -2.30. The maximum Gasteiger partial charge on any atom is 0.251 e. The number of aryl methyl sites for hydroxylation is 1. The molecule has 5 nitrogen and oxygen atoms in total. The largest absolute Gasteiger partial charge is 0.355 e. The van der Waals surface area contributed by atoms with E-state index in [1.165, 1.54) is 11.1 Å². The Bertz CT molecular complexity index is 1010. The summed E-state index contributed by atoms with van der Waals surface area (Å²) in [6, 6.07) is 28.0. The standard InChI is InChI=1S/C28H31N3O2/c1-20-12-14-23(15-13-20)28(33)31-25-16-24(17-29-18-25)27(32)30-19-26(21-8-4-2-5-9-21)22-10-6-3-7-11-22/h2-15,24-26,29H,16-19H2,1H3,(H,30,32)(H,31,33). The lowest BCUT2D eigenvalue weighted by Crippen LogP contribution is -2.52. The molecular weight excluding hydrogens is 410 g/mol. The predicted octanol–water partition coefficient (Wildman–Crippen LogP) is 3.65. The van der Waals surface area contributed by atoms with Gasteiger partial charge in [0.05, 0.1) is 5.92 Å². The first-order valence-corrected chi connectivity index (χ1v) is 11.6. The fourth-order valence-corrected chi connectivity index (χ4v) is 4.37. The molecule has 1 aliphatic rings. The van der Waals surface area contributed by atoms with Crippen LogP contribution in [-0.2, 0) is 4.79 Å². The molecular formula is C28H31N3O2. The summed E-state index contributed by atoms with van der Waals surface area (Å²) in [5, 5.41) is 9.55. The quantitative estimate of drug-likeness (QED) is 0.524. The summed E-state index contributed by atoms with van der Waals surface area (Å²) in [4.78, 5) is 25.6. The van der Waals surface area contributed by atoms with Gasteiger partial charge in [0.1, 0.15) is 0 Å². The van der Waals surface area contributed by atoms with Gasteiger partial charge in [-0.2, -0.15) is 0 Å². The van der Waals surface area contributed by atoms with Gasteiger partial charge in [-0.3, -0.25) is 9.59 Å². The number of amides is 2. The number of rotatable bonds is 7. The molecule has 0 spiro atoms. The first kappa shape index (κ1) is 22.7. The molecule has 3 N–H and O–H groups in total. The molecule has 1 saturated heterocycles. The van der Waals surface area contributed by atoms with Gasteiger partial charge in [0.25, 0.3) is 5.91 Å². The van der Waals surface area contributed by atoms with Crippen LogP contribution in [0.1, 0.15) is 39.4 Å². The van der Waals surface area contributed by atoms with Crippen LogP contribution in [-0.4, -0.2) is 37.5 Å². The molecule has 3 aromatic rings. The minimum atomic E-state index is -0.186. The van der Waals surface area contributed by atoms with E-state index in [9.17, 15) is 9.59 Å². The van der Waals surface area contributed by atoms with Crippen molar-refractivity contribution in [3.05, 3.63) is 107 Å². The molecule has 1 heterocycles. The highest BCUT2D eigenvalue weighted by Gasteiger charge is 2.28. The molecule has 2 atom stereocenters. The zero-order valence-electron chi connectivity index (χ0n) is 19.0. The van der Waals surface area contributed by atoms with E-state index in [-0.39, 0.29) is 29.7 Å². The molecule has 0 aromatic heterocycles. The smallest absolute Gasteiger partial charge is 0.251 e. The maximum absolute atomic E-state index is 13.0. The molecule has 0 radical (unpaired) electrons. The van der Waals surface area contributed by atoms with Crippen molar-refractivity contribution in [2.24, 2.45) is 5.92 Å². The lowest BCUT2D eigenvalue weighted by atomic mass is 9.90. The number of nitrogens with one attached hydrogen (secondary N) is 3. The zero-order chi connectivity index (χ0) is 23.0. The van der Waals surface area contributed by atoms with E-state index in [2.05, 4.69) is 40.2 Å². The molecule has 33 heavy (non-hydrogen) atoms. The number of carbonyl (C=O) groups excluding carboxylic acids is 2. The van der Waals surface area contributed by atoms with Crippen molar-refractivity contribution in [1.82, 2.24) is 16.0 Å². The Kier molecular flexibility index (Phi) is 7.53. The average Bonchev–Trinajstić information content (AvgIpc) is 2.86. The lowest BCUT2D eigenvalue weighted by molar-refractivity contribution is -0.125. The van der Waals surface area contributed by atoms with Crippen LogP contribution in [0.5, 0.6) is 0 Å². The fourth-order valence-electron chi connectivity index (χ4n) is 4.37. The number of hydrogen-bond donors (Lipinski definition) is 3. The summed E-state index contributed by atoms with van der Waals surface area (Å²) in [7, 11) is 0. The zero-order valence-corrected chi connectivity index (χ0v) is 19.0. The molecule has 2 unspecified atom stereocenters. The van der Waals surface area contributed by atoms with E-state index in [1.807, 2.05) is 67.6 Å². The van der Waals surface area contributed by atoms with Crippen LogP contribution in [0, 0.1) is 12.8 Å². The van der Waals surface area contributed by atoms with Crippen LogP contribution >= 0.6 is 0 Å². The summed E-state index contributed by atoms with van der Waals surface area (Å²) >= 11 is 0. The van der Waals surface area contributed by atoms with Crippen LogP contribution in [0.3, 0.4) is 0 Å². The van der Waals surface area contributed by atoms with Crippen molar-refractivity contribution in [3.63, 3.8) is 0 Å². The van der Waals surface area contributed by atoms with Crippen molar-refractivity contribution < 1.29 is 9.59 Å². The normalized spacial score (nSPS) is 18.0. The molecule has 170 valence electrons. The molecule has 4 rings (SSSR count). The predicted molar refractivity (Wildman–Crippen MR) is 131 cm³/mol. The molecule has 5 heteroatoms. The van der Waals surface area contributed by atoms with Gasteiger partial charge in [0, 0.05) is 37.2 Å². The van der Waals surface area contributed by atoms with Crippen LogP contribution in [0.25, 0.3) is 0 Å². The van der Waals surface area contributed by atoms with E-state index in [0.717, 1.165) is 5.56 Å². The van der Waals surface area contributed by atoms with Crippen molar-refractivity contribution >= 4 is 11.8 Å². The molecule has 1 aliphatic heterocycles. The van der Waals surface area contributed by atoms with Gasteiger partial charge in [-0.25, -0.2) is 0 Å². The van der Waals surface area contributed by atoms with Crippen LogP contribution in [0.4, 0.5) is 0 Å². The van der Waals surface area contributed by atoms with E-state index >= 15 is 0 Å². The van der Waals surface area contributed by atoms with Crippen molar-refractivity contribution in [3.8, 4) is 0 Å². The Labute approximate surface area is 195 Å². The van der Waals surface area contributed by atoms with Gasteiger partial charge >= 0.3 is 0 Å². The molecule has 0 aliphatic carbocycles. The minimum Gasteiger partial charge on any atom is -0.355 e. The summed E-state index contributed by atoms with van der Waals surface area (Å²) in [5.74, 6) is -0.177. The monoisotopic (exact) mass is 441 g/mol. The van der Waals surface area contributed by atoms with Crippen LogP contribution in [0.15, 0.2) is 84.9 Å². The van der Waals surface area contributed by atoms with Gasteiger partial charge in [-0.15, -0.1) is 0 Å². The van der Waals surface area contributed by atoms with Crippen molar-refractivity contribution in [1.29, 1.82) is 0 Å². The van der Waals surface area contributed by atoms with Gasteiger partial charge in [0.2, 0.25) is 5.91 Å². The Hall–Kier alpha value is -3.44.